The lowest BCUT2D eigenvalue weighted by atomic mass is 9.87. The SMILES string of the molecule is CCC1CC(C=O)N(Cc2ccc(NC(=O)c3ccco3)cc2)N=C1c1ccc(CS(=O)[O-])cc1. The van der Waals surface area contributed by atoms with Gasteiger partial charge in [-0.2, -0.15) is 5.10 Å². The Morgan fingerprint density at radius 2 is 1.89 bits per heavy atom. The molecule has 4 rings (SSSR count). The molecule has 8 nitrogen and oxygen atoms in total. The van der Waals surface area contributed by atoms with Crippen LogP contribution in [0.25, 0.3) is 0 Å². The van der Waals surface area contributed by atoms with Gasteiger partial charge in [-0.3, -0.25) is 14.0 Å². The number of aldehydes is 1. The molecule has 1 aliphatic heterocycles. The van der Waals surface area contributed by atoms with Gasteiger partial charge >= 0.3 is 0 Å². The lowest BCUT2D eigenvalue weighted by Gasteiger charge is -2.35. The van der Waals surface area contributed by atoms with Crippen LogP contribution in [0, 0.1) is 5.92 Å². The van der Waals surface area contributed by atoms with Crippen LogP contribution in [-0.4, -0.2) is 37.7 Å². The highest BCUT2D eigenvalue weighted by Crippen LogP contribution is 2.28. The monoisotopic (exact) mass is 492 g/mol. The summed E-state index contributed by atoms with van der Waals surface area (Å²) in [7, 11) is 0. The normalized spacial score (nSPS) is 18.6. The van der Waals surface area contributed by atoms with Gasteiger partial charge in [-0.05, 0) is 53.8 Å². The van der Waals surface area contributed by atoms with Crippen molar-refractivity contribution in [1.29, 1.82) is 0 Å². The minimum Gasteiger partial charge on any atom is -0.772 e. The summed E-state index contributed by atoms with van der Waals surface area (Å²) < 4.78 is 27.1. The first-order valence-corrected chi connectivity index (χ1v) is 12.6. The van der Waals surface area contributed by atoms with Crippen LogP contribution in [0.3, 0.4) is 0 Å². The molecule has 3 unspecified atom stereocenters. The van der Waals surface area contributed by atoms with Crippen molar-refractivity contribution in [3.63, 3.8) is 0 Å². The molecule has 1 aliphatic rings. The molecule has 182 valence electrons. The second-order valence-electron chi connectivity index (χ2n) is 8.40. The van der Waals surface area contributed by atoms with Crippen LogP contribution in [0.1, 0.15) is 47.0 Å². The Labute approximate surface area is 206 Å². The standard InChI is InChI=1S/C26H27N3O5S/c1-2-20-14-23(16-30)29(28-25(20)21-9-5-19(6-10-21)17-35(32)33)15-18-7-11-22(12-8-18)27-26(31)24-4-3-13-34-24/h3-13,16,20,23H,2,14-15,17H2,1H3,(H,27,31)(H,32,33)/p-1. The zero-order valence-corrected chi connectivity index (χ0v) is 20.1. The molecule has 2 aromatic carbocycles. The van der Waals surface area contributed by atoms with Gasteiger partial charge in [-0.1, -0.05) is 54.4 Å². The van der Waals surface area contributed by atoms with Gasteiger partial charge in [-0.15, -0.1) is 0 Å². The van der Waals surface area contributed by atoms with Crippen LogP contribution in [0.5, 0.6) is 0 Å². The number of rotatable bonds is 9. The molecular formula is C26H26N3O5S-. The molecule has 0 fully saturated rings. The summed E-state index contributed by atoms with van der Waals surface area (Å²) in [6, 6.07) is 17.7. The maximum absolute atomic E-state index is 12.2. The van der Waals surface area contributed by atoms with Gasteiger partial charge in [0.15, 0.2) is 5.76 Å². The largest absolute Gasteiger partial charge is 0.772 e. The third kappa shape index (κ3) is 6.12. The highest BCUT2D eigenvalue weighted by molar-refractivity contribution is 7.78. The van der Waals surface area contributed by atoms with Crippen LogP contribution in [0.4, 0.5) is 5.69 Å². The quantitative estimate of drug-likeness (QED) is 0.355. The zero-order chi connectivity index (χ0) is 24.8. The molecule has 1 N–H and O–H groups in total. The average molecular weight is 493 g/mol. The van der Waals surface area contributed by atoms with Gasteiger partial charge in [0.2, 0.25) is 0 Å². The molecule has 3 atom stereocenters. The second kappa shape index (κ2) is 11.2. The predicted octanol–water partition coefficient (Wildman–Crippen LogP) is 4.11. The first-order chi connectivity index (χ1) is 17.0. The Balaban J connectivity index is 1.51. The number of carbonyl (C=O) groups is 2. The van der Waals surface area contributed by atoms with Crippen molar-refractivity contribution in [2.24, 2.45) is 11.0 Å². The fourth-order valence-electron chi connectivity index (χ4n) is 4.14. The van der Waals surface area contributed by atoms with Crippen molar-refractivity contribution >= 4 is 34.7 Å². The van der Waals surface area contributed by atoms with Crippen molar-refractivity contribution in [1.82, 2.24) is 5.01 Å². The smallest absolute Gasteiger partial charge is 0.291 e. The fraction of sp³-hybridized carbons (Fsp3) is 0.269. The Hall–Kier alpha value is -3.56. The van der Waals surface area contributed by atoms with Gasteiger partial charge < -0.3 is 19.1 Å². The number of nitrogens with one attached hydrogen (secondary N) is 1. The molecule has 9 heteroatoms. The molecule has 0 saturated carbocycles. The second-order valence-corrected chi connectivity index (χ2v) is 9.30. The molecule has 1 amide bonds. The van der Waals surface area contributed by atoms with Crippen molar-refractivity contribution in [2.75, 3.05) is 5.32 Å². The summed E-state index contributed by atoms with van der Waals surface area (Å²) in [4.78, 5) is 24.0. The highest BCUT2D eigenvalue weighted by Gasteiger charge is 2.30. The van der Waals surface area contributed by atoms with Crippen LogP contribution >= 0.6 is 0 Å². The highest BCUT2D eigenvalue weighted by atomic mass is 32.2. The van der Waals surface area contributed by atoms with E-state index in [1.807, 2.05) is 24.3 Å². The van der Waals surface area contributed by atoms with E-state index >= 15 is 0 Å². The van der Waals surface area contributed by atoms with Crippen molar-refractivity contribution < 1.29 is 22.8 Å². The number of anilines is 1. The van der Waals surface area contributed by atoms with E-state index in [1.165, 1.54) is 6.26 Å². The zero-order valence-electron chi connectivity index (χ0n) is 19.3. The number of benzene rings is 2. The third-order valence-corrected chi connectivity index (χ3v) is 6.59. The molecule has 0 saturated heterocycles. The van der Waals surface area contributed by atoms with Crippen LogP contribution < -0.4 is 5.32 Å². The van der Waals surface area contributed by atoms with Crippen molar-refractivity contribution in [3.8, 4) is 0 Å². The summed E-state index contributed by atoms with van der Waals surface area (Å²) in [6.07, 6.45) is 3.88. The minimum absolute atomic E-state index is 0.0265. The number of hydrogen-bond donors (Lipinski definition) is 1. The Kier molecular flexibility index (Phi) is 7.89. The van der Waals surface area contributed by atoms with E-state index in [1.54, 1.807) is 41.4 Å². The maximum atomic E-state index is 12.2. The van der Waals surface area contributed by atoms with Crippen LogP contribution in [0.15, 0.2) is 76.4 Å². The van der Waals surface area contributed by atoms with E-state index < -0.39 is 11.1 Å². The molecule has 35 heavy (non-hydrogen) atoms. The number of hydrogen-bond acceptors (Lipinski definition) is 7. The Morgan fingerprint density at radius 1 is 1.17 bits per heavy atom. The number of furan rings is 1. The third-order valence-electron chi connectivity index (χ3n) is 6.02. The summed E-state index contributed by atoms with van der Waals surface area (Å²) in [6.45, 7) is 2.51. The molecule has 3 aromatic rings. The number of amides is 1. The molecular weight excluding hydrogens is 466 g/mol. The number of nitrogens with zero attached hydrogens (tertiary/aromatic N) is 2. The fourth-order valence-corrected chi connectivity index (χ4v) is 4.60. The Morgan fingerprint density at radius 3 is 2.49 bits per heavy atom. The van der Waals surface area contributed by atoms with Gasteiger partial charge in [0, 0.05) is 17.4 Å². The lowest BCUT2D eigenvalue weighted by Crippen LogP contribution is -2.41. The van der Waals surface area contributed by atoms with E-state index in [0.717, 1.165) is 29.5 Å². The van der Waals surface area contributed by atoms with Crippen molar-refractivity contribution in [2.45, 2.75) is 38.1 Å². The van der Waals surface area contributed by atoms with E-state index in [2.05, 4.69) is 12.2 Å². The molecule has 0 radical (unpaired) electrons. The summed E-state index contributed by atoms with van der Waals surface area (Å²) in [5.41, 5.74) is 4.10. The molecule has 0 bridgehead atoms. The van der Waals surface area contributed by atoms with Gasteiger partial charge in [0.05, 0.1) is 18.5 Å². The van der Waals surface area contributed by atoms with Gasteiger partial charge in [-0.25, -0.2) is 0 Å². The first kappa shape index (κ1) is 24.6. The van der Waals surface area contributed by atoms with E-state index in [0.29, 0.717) is 24.2 Å². The summed E-state index contributed by atoms with van der Waals surface area (Å²) in [5.74, 6) is 0.00605. The topological polar surface area (TPSA) is 115 Å². The predicted molar refractivity (Wildman–Crippen MR) is 132 cm³/mol. The molecule has 1 aromatic heterocycles. The minimum atomic E-state index is -2.14. The number of carbonyl (C=O) groups excluding carboxylic acids is 2. The van der Waals surface area contributed by atoms with E-state index in [-0.39, 0.29) is 29.4 Å². The van der Waals surface area contributed by atoms with E-state index in [9.17, 15) is 18.4 Å². The molecule has 0 spiro atoms. The molecule has 2 heterocycles. The first-order valence-electron chi connectivity index (χ1n) is 11.4. The summed E-state index contributed by atoms with van der Waals surface area (Å²) >= 11 is -2.14. The van der Waals surface area contributed by atoms with Gasteiger partial charge in [0.25, 0.3) is 5.91 Å². The van der Waals surface area contributed by atoms with E-state index in [4.69, 9.17) is 9.52 Å². The lowest BCUT2D eigenvalue weighted by molar-refractivity contribution is -0.113. The maximum Gasteiger partial charge on any atom is 0.291 e. The van der Waals surface area contributed by atoms with Crippen molar-refractivity contribution in [3.05, 3.63) is 89.4 Å². The van der Waals surface area contributed by atoms with Crippen LogP contribution in [0.2, 0.25) is 0 Å². The Bertz CT molecular complexity index is 1210. The van der Waals surface area contributed by atoms with Crippen LogP contribution in [-0.2, 0) is 28.2 Å². The number of hydrazone groups is 1. The average Bonchev–Trinajstić information content (AvgIpc) is 3.40. The molecule has 0 aliphatic carbocycles. The van der Waals surface area contributed by atoms with Gasteiger partial charge in [0.1, 0.15) is 12.3 Å². The summed E-state index contributed by atoms with van der Waals surface area (Å²) in [5, 5.41) is 9.44.